The highest BCUT2D eigenvalue weighted by atomic mass is 35.5. The lowest BCUT2D eigenvalue weighted by molar-refractivity contribution is -0.119. The first-order valence-electron chi connectivity index (χ1n) is 8.68. The second-order valence-electron chi connectivity index (χ2n) is 6.08. The SMILES string of the molecule is O=C(COC(=O)c1ccccc1SC[C@H]1CCCO1)Nc1cccc(Cl)c1. The summed E-state index contributed by atoms with van der Waals surface area (Å²) in [6.07, 6.45) is 2.35. The van der Waals surface area contributed by atoms with Crippen LogP contribution in [0.3, 0.4) is 0 Å². The van der Waals surface area contributed by atoms with Crippen molar-refractivity contribution in [3.63, 3.8) is 0 Å². The molecule has 5 nitrogen and oxygen atoms in total. The maximum absolute atomic E-state index is 12.4. The Bertz CT molecular complexity index is 808. The van der Waals surface area contributed by atoms with Crippen LogP contribution in [-0.2, 0) is 14.3 Å². The van der Waals surface area contributed by atoms with Crippen LogP contribution < -0.4 is 5.32 Å². The summed E-state index contributed by atoms with van der Waals surface area (Å²) in [5.41, 5.74) is 1.01. The predicted octanol–water partition coefficient (Wildman–Crippen LogP) is 4.41. The standard InChI is InChI=1S/C20H20ClNO4S/c21-14-5-3-6-15(11-14)22-19(23)12-26-20(24)17-8-1-2-9-18(17)27-13-16-7-4-10-25-16/h1-3,5-6,8-9,11,16H,4,7,10,12-13H2,(H,22,23)/t16-/m1/s1. The van der Waals surface area contributed by atoms with Gasteiger partial charge in [-0.1, -0.05) is 29.8 Å². The van der Waals surface area contributed by atoms with Crippen molar-refractivity contribution in [1.29, 1.82) is 0 Å². The Balaban J connectivity index is 1.53. The Morgan fingerprint density at radius 1 is 1.22 bits per heavy atom. The molecule has 27 heavy (non-hydrogen) atoms. The highest BCUT2D eigenvalue weighted by Crippen LogP contribution is 2.27. The molecule has 1 N–H and O–H groups in total. The Kier molecular flexibility index (Phi) is 7.15. The Morgan fingerprint density at radius 3 is 2.85 bits per heavy atom. The normalized spacial score (nSPS) is 16.1. The molecule has 1 atom stereocenters. The molecule has 1 aliphatic heterocycles. The number of benzene rings is 2. The molecule has 0 radical (unpaired) electrons. The highest BCUT2D eigenvalue weighted by Gasteiger charge is 2.19. The number of amides is 1. The van der Waals surface area contributed by atoms with Gasteiger partial charge in [0.15, 0.2) is 6.61 Å². The first-order chi connectivity index (χ1) is 13.1. The van der Waals surface area contributed by atoms with Gasteiger partial charge in [-0.15, -0.1) is 11.8 Å². The minimum Gasteiger partial charge on any atom is -0.452 e. The molecule has 0 saturated carbocycles. The lowest BCUT2D eigenvalue weighted by Crippen LogP contribution is -2.21. The van der Waals surface area contributed by atoms with Crippen LogP contribution in [0, 0.1) is 0 Å². The first-order valence-corrected chi connectivity index (χ1v) is 10.0. The van der Waals surface area contributed by atoms with Gasteiger partial charge >= 0.3 is 5.97 Å². The van der Waals surface area contributed by atoms with Crippen molar-refractivity contribution in [3.05, 3.63) is 59.1 Å². The fraction of sp³-hybridized carbons (Fsp3) is 0.300. The van der Waals surface area contributed by atoms with Crippen LogP contribution in [0.1, 0.15) is 23.2 Å². The zero-order valence-corrected chi connectivity index (χ0v) is 16.2. The molecule has 0 bridgehead atoms. The van der Waals surface area contributed by atoms with E-state index in [2.05, 4.69) is 5.32 Å². The molecule has 2 aromatic rings. The molecule has 0 spiro atoms. The molecule has 0 aliphatic carbocycles. The minimum absolute atomic E-state index is 0.225. The van der Waals surface area contributed by atoms with Crippen LogP contribution in [0.4, 0.5) is 5.69 Å². The summed E-state index contributed by atoms with van der Waals surface area (Å²) >= 11 is 7.45. The number of anilines is 1. The zero-order chi connectivity index (χ0) is 19.1. The van der Waals surface area contributed by atoms with Gasteiger partial charge in [-0.2, -0.15) is 0 Å². The number of hydrogen-bond donors (Lipinski definition) is 1. The van der Waals surface area contributed by atoms with Gasteiger partial charge in [0.1, 0.15) is 0 Å². The van der Waals surface area contributed by atoms with Crippen molar-refractivity contribution >= 4 is 40.9 Å². The summed E-state index contributed by atoms with van der Waals surface area (Å²) in [7, 11) is 0. The van der Waals surface area contributed by atoms with Crippen molar-refractivity contribution in [2.24, 2.45) is 0 Å². The van der Waals surface area contributed by atoms with Crippen LogP contribution in [0.5, 0.6) is 0 Å². The van der Waals surface area contributed by atoms with E-state index in [1.165, 1.54) is 0 Å². The number of hydrogen-bond acceptors (Lipinski definition) is 5. The van der Waals surface area contributed by atoms with Gasteiger partial charge in [0.05, 0.1) is 11.7 Å². The third-order valence-electron chi connectivity index (χ3n) is 4.00. The summed E-state index contributed by atoms with van der Waals surface area (Å²) in [5.74, 6) is -0.152. The summed E-state index contributed by atoms with van der Waals surface area (Å²) in [6.45, 7) is 0.437. The van der Waals surface area contributed by atoms with Gasteiger partial charge in [-0.3, -0.25) is 4.79 Å². The van der Waals surface area contributed by atoms with Gasteiger partial charge in [0, 0.05) is 28.0 Å². The number of halogens is 1. The molecule has 2 aromatic carbocycles. The number of thioether (sulfide) groups is 1. The maximum Gasteiger partial charge on any atom is 0.339 e. The van der Waals surface area contributed by atoms with Crippen molar-refractivity contribution in [3.8, 4) is 0 Å². The number of esters is 1. The van der Waals surface area contributed by atoms with E-state index in [0.717, 1.165) is 30.1 Å². The van der Waals surface area contributed by atoms with E-state index in [-0.39, 0.29) is 12.7 Å². The van der Waals surface area contributed by atoms with E-state index >= 15 is 0 Å². The van der Waals surface area contributed by atoms with E-state index in [4.69, 9.17) is 21.1 Å². The summed E-state index contributed by atoms with van der Waals surface area (Å²) in [6, 6.07) is 14.0. The van der Waals surface area contributed by atoms with Crippen molar-refractivity contribution in [2.45, 2.75) is 23.8 Å². The monoisotopic (exact) mass is 405 g/mol. The lowest BCUT2D eigenvalue weighted by Gasteiger charge is -2.12. The fourth-order valence-corrected chi connectivity index (χ4v) is 3.99. The van der Waals surface area contributed by atoms with E-state index in [1.807, 2.05) is 12.1 Å². The quantitative estimate of drug-likeness (QED) is 0.546. The van der Waals surface area contributed by atoms with E-state index < -0.39 is 11.9 Å². The molecule has 1 saturated heterocycles. The number of ether oxygens (including phenoxy) is 2. The Morgan fingerprint density at radius 2 is 2.07 bits per heavy atom. The van der Waals surface area contributed by atoms with Crippen molar-refractivity contribution in [2.75, 3.05) is 24.3 Å². The van der Waals surface area contributed by atoms with Crippen LogP contribution in [0.25, 0.3) is 0 Å². The van der Waals surface area contributed by atoms with Crippen molar-refractivity contribution in [1.82, 2.24) is 0 Å². The van der Waals surface area contributed by atoms with Gasteiger partial charge in [0.2, 0.25) is 0 Å². The number of carbonyl (C=O) groups is 2. The lowest BCUT2D eigenvalue weighted by atomic mass is 10.2. The van der Waals surface area contributed by atoms with Crippen LogP contribution in [0.15, 0.2) is 53.4 Å². The number of carbonyl (C=O) groups excluding carboxylic acids is 2. The van der Waals surface area contributed by atoms with E-state index in [1.54, 1.807) is 48.2 Å². The largest absolute Gasteiger partial charge is 0.452 e. The molecule has 1 aliphatic rings. The molecule has 3 rings (SSSR count). The molecule has 1 heterocycles. The first kappa shape index (κ1) is 19.7. The fourth-order valence-electron chi connectivity index (χ4n) is 2.69. The summed E-state index contributed by atoms with van der Waals surface area (Å²) in [5, 5.41) is 3.16. The highest BCUT2D eigenvalue weighted by molar-refractivity contribution is 7.99. The van der Waals surface area contributed by atoms with Gasteiger partial charge in [-0.25, -0.2) is 4.79 Å². The van der Waals surface area contributed by atoms with Gasteiger partial charge in [0.25, 0.3) is 5.91 Å². The zero-order valence-electron chi connectivity index (χ0n) is 14.7. The molecule has 1 amide bonds. The van der Waals surface area contributed by atoms with Crippen LogP contribution in [0.2, 0.25) is 5.02 Å². The second kappa shape index (κ2) is 9.78. The van der Waals surface area contributed by atoms with Crippen LogP contribution in [-0.4, -0.2) is 36.9 Å². The third-order valence-corrected chi connectivity index (χ3v) is 5.44. The summed E-state index contributed by atoms with van der Waals surface area (Å²) in [4.78, 5) is 25.2. The molecule has 142 valence electrons. The topological polar surface area (TPSA) is 64.6 Å². The summed E-state index contributed by atoms with van der Waals surface area (Å²) < 4.78 is 10.8. The third kappa shape index (κ3) is 5.99. The Labute approximate surface area is 167 Å². The maximum atomic E-state index is 12.4. The molecular weight excluding hydrogens is 386 g/mol. The predicted molar refractivity (Wildman–Crippen MR) is 107 cm³/mol. The van der Waals surface area contributed by atoms with Crippen molar-refractivity contribution < 1.29 is 19.1 Å². The Hall–Kier alpha value is -2.02. The second-order valence-corrected chi connectivity index (χ2v) is 7.58. The van der Waals surface area contributed by atoms with Gasteiger partial charge in [-0.05, 0) is 43.2 Å². The molecular formula is C20H20ClNO4S. The molecule has 0 aromatic heterocycles. The van der Waals surface area contributed by atoms with E-state index in [9.17, 15) is 9.59 Å². The van der Waals surface area contributed by atoms with Gasteiger partial charge < -0.3 is 14.8 Å². The number of nitrogens with one attached hydrogen (secondary N) is 1. The molecule has 0 unspecified atom stereocenters. The number of rotatable bonds is 7. The average Bonchev–Trinajstić information content (AvgIpc) is 3.18. The molecule has 1 fully saturated rings. The average molecular weight is 406 g/mol. The van der Waals surface area contributed by atoms with E-state index in [0.29, 0.717) is 16.3 Å². The molecule has 7 heteroatoms. The smallest absolute Gasteiger partial charge is 0.339 e. The van der Waals surface area contributed by atoms with Crippen LogP contribution >= 0.6 is 23.4 Å². The minimum atomic E-state index is -0.522.